The van der Waals surface area contributed by atoms with Gasteiger partial charge in [-0.1, -0.05) is 41.9 Å². The maximum Gasteiger partial charge on any atom is 0.152 e. The van der Waals surface area contributed by atoms with Gasteiger partial charge >= 0.3 is 0 Å². The molecule has 0 saturated carbocycles. The van der Waals surface area contributed by atoms with Crippen LogP contribution in [0.4, 0.5) is 0 Å². The molecule has 0 saturated heterocycles. The van der Waals surface area contributed by atoms with Crippen LogP contribution in [0, 0.1) is 0 Å². The largest absolute Gasteiger partial charge is 0.545 e. The average Bonchev–Trinajstić information content (AvgIpc) is 2.61. The Hall–Kier alpha value is -1.39. The lowest BCUT2D eigenvalue weighted by Gasteiger charge is -2.03. The summed E-state index contributed by atoms with van der Waals surface area (Å²) in [6.07, 6.45) is 0. The number of aromatic carboxylic acids is 1. The molecule has 15 heavy (non-hydrogen) atoms. The molecule has 0 spiro atoms. The molecule has 0 aliphatic heterocycles. The highest BCUT2D eigenvalue weighted by Crippen LogP contribution is 2.32. The molecule has 0 amide bonds. The number of carbonyl (C=O) groups is 1. The normalized spacial score (nSPS) is 10.2. The molecule has 0 aliphatic rings. The quantitative estimate of drug-likeness (QED) is 0.802. The van der Waals surface area contributed by atoms with E-state index < -0.39 is 5.97 Å². The van der Waals surface area contributed by atoms with E-state index in [9.17, 15) is 9.90 Å². The highest BCUT2D eigenvalue weighted by Gasteiger charge is 2.14. The Kier molecular flexibility index (Phi) is 2.70. The number of hydrogen-bond donors (Lipinski definition) is 0. The Labute approximate surface area is 95.1 Å². The summed E-state index contributed by atoms with van der Waals surface area (Å²) in [5.41, 5.74) is 0.744. The van der Waals surface area contributed by atoms with Crippen LogP contribution in [0.5, 0.6) is 0 Å². The molecular formula is C10H5ClNO2S-. The lowest BCUT2D eigenvalue weighted by molar-refractivity contribution is -0.254. The van der Waals surface area contributed by atoms with Crippen molar-refractivity contribution in [3.8, 4) is 10.4 Å². The summed E-state index contributed by atoms with van der Waals surface area (Å²) in [5, 5.41) is 10.8. The molecule has 3 nitrogen and oxygen atoms in total. The second-order valence-electron chi connectivity index (χ2n) is 2.83. The van der Waals surface area contributed by atoms with Crippen LogP contribution in [0.25, 0.3) is 10.4 Å². The third-order valence-corrected chi connectivity index (χ3v) is 3.16. The van der Waals surface area contributed by atoms with Gasteiger partial charge in [-0.25, -0.2) is 0 Å². The van der Waals surface area contributed by atoms with Gasteiger partial charge < -0.3 is 9.90 Å². The van der Waals surface area contributed by atoms with Gasteiger partial charge in [0.2, 0.25) is 0 Å². The minimum Gasteiger partial charge on any atom is -0.545 e. The summed E-state index contributed by atoms with van der Waals surface area (Å²) in [6, 6.07) is 9.10. The van der Waals surface area contributed by atoms with Gasteiger partial charge in [0.15, 0.2) is 5.15 Å². The van der Waals surface area contributed by atoms with Gasteiger partial charge in [-0.2, -0.15) is 4.37 Å². The maximum atomic E-state index is 10.8. The number of carbonyl (C=O) groups excluding carboxylic acids is 1. The summed E-state index contributed by atoms with van der Waals surface area (Å²) in [4.78, 5) is 11.4. The van der Waals surface area contributed by atoms with Gasteiger partial charge in [0.25, 0.3) is 0 Å². The van der Waals surface area contributed by atoms with Crippen molar-refractivity contribution in [2.24, 2.45) is 0 Å². The van der Waals surface area contributed by atoms with Crippen LogP contribution in [-0.4, -0.2) is 10.3 Å². The second kappa shape index (κ2) is 4.00. The Morgan fingerprint density at radius 3 is 2.60 bits per heavy atom. The number of nitrogens with zero attached hydrogens (tertiary/aromatic N) is 1. The van der Waals surface area contributed by atoms with Crippen molar-refractivity contribution in [3.63, 3.8) is 0 Å². The smallest absolute Gasteiger partial charge is 0.152 e. The number of halogens is 1. The van der Waals surface area contributed by atoms with Gasteiger partial charge in [-0.15, -0.1) is 0 Å². The number of rotatable bonds is 2. The van der Waals surface area contributed by atoms with Crippen LogP contribution in [-0.2, 0) is 0 Å². The average molecular weight is 239 g/mol. The third-order valence-electron chi connectivity index (χ3n) is 1.89. The van der Waals surface area contributed by atoms with Crippen LogP contribution in [0.3, 0.4) is 0 Å². The molecule has 76 valence electrons. The first-order chi connectivity index (χ1) is 7.20. The molecule has 1 heterocycles. The molecule has 0 unspecified atom stereocenters. The highest BCUT2D eigenvalue weighted by atomic mass is 35.5. The lowest BCUT2D eigenvalue weighted by Crippen LogP contribution is -2.22. The first-order valence-electron chi connectivity index (χ1n) is 4.12. The summed E-state index contributed by atoms with van der Waals surface area (Å²) in [6.45, 7) is 0. The van der Waals surface area contributed by atoms with E-state index >= 15 is 0 Å². The molecule has 0 N–H and O–H groups in total. The van der Waals surface area contributed by atoms with Crippen molar-refractivity contribution in [1.82, 2.24) is 4.37 Å². The van der Waals surface area contributed by atoms with Crippen LogP contribution in [0.15, 0.2) is 30.3 Å². The third kappa shape index (κ3) is 1.86. The van der Waals surface area contributed by atoms with Crippen molar-refractivity contribution in [2.45, 2.75) is 0 Å². The Morgan fingerprint density at radius 2 is 2.00 bits per heavy atom. The van der Waals surface area contributed by atoms with Crippen molar-refractivity contribution < 1.29 is 9.90 Å². The van der Waals surface area contributed by atoms with E-state index in [0.29, 0.717) is 4.88 Å². The number of hydrogen-bond acceptors (Lipinski definition) is 4. The molecule has 0 aliphatic carbocycles. The molecule has 0 fully saturated rings. The predicted molar refractivity (Wildman–Crippen MR) is 56.9 cm³/mol. The molecule has 2 aromatic rings. The van der Waals surface area contributed by atoms with Gasteiger partial charge in [0.05, 0.1) is 16.4 Å². The first kappa shape index (κ1) is 10.1. The number of benzene rings is 1. The fourth-order valence-corrected chi connectivity index (χ4v) is 2.34. The number of aromatic nitrogens is 1. The predicted octanol–water partition coefficient (Wildman–Crippen LogP) is 1.83. The Morgan fingerprint density at radius 1 is 1.33 bits per heavy atom. The lowest BCUT2D eigenvalue weighted by atomic mass is 10.1. The van der Waals surface area contributed by atoms with E-state index in [1.54, 1.807) is 12.1 Å². The standard InChI is InChI=1S/C10H6ClNO2S/c11-9-7(10(13)14)8(15-12-9)6-4-2-1-3-5-6/h1-5H,(H,13,14)/p-1. The molecule has 0 radical (unpaired) electrons. The van der Waals surface area contributed by atoms with Gasteiger partial charge in [-0.3, -0.25) is 0 Å². The van der Waals surface area contributed by atoms with Crippen LogP contribution in [0.1, 0.15) is 10.4 Å². The van der Waals surface area contributed by atoms with Crippen molar-refractivity contribution in [1.29, 1.82) is 0 Å². The molecule has 2 rings (SSSR count). The van der Waals surface area contributed by atoms with Gasteiger partial charge in [-0.05, 0) is 17.1 Å². The minimum atomic E-state index is -1.30. The van der Waals surface area contributed by atoms with E-state index in [2.05, 4.69) is 4.37 Å². The van der Waals surface area contributed by atoms with E-state index in [4.69, 9.17) is 11.6 Å². The van der Waals surface area contributed by atoms with Crippen LogP contribution >= 0.6 is 23.1 Å². The minimum absolute atomic E-state index is 0.0150. The number of carboxylic acids is 1. The topological polar surface area (TPSA) is 53.0 Å². The second-order valence-corrected chi connectivity index (χ2v) is 3.96. The fourth-order valence-electron chi connectivity index (χ4n) is 1.23. The Balaban J connectivity index is 2.59. The van der Waals surface area contributed by atoms with Crippen molar-refractivity contribution in [2.75, 3.05) is 0 Å². The summed E-state index contributed by atoms with van der Waals surface area (Å²) in [5.74, 6) is -1.30. The van der Waals surface area contributed by atoms with Gasteiger partial charge in [0.1, 0.15) is 0 Å². The van der Waals surface area contributed by atoms with Crippen molar-refractivity contribution in [3.05, 3.63) is 41.0 Å². The maximum absolute atomic E-state index is 10.8. The highest BCUT2D eigenvalue weighted by molar-refractivity contribution is 7.10. The monoisotopic (exact) mass is 238 g/mol. The van der Waals surface area contributed by atoms with E-state index in [-0.39, 0.29) is 10.7 Å². The zero-order valence-corrected chi connectivity index (χ0v) is 9.01. The molecule has 0 bridgehead atoms. The van der Waals surface area contributed by atoms with Crippen molar-refractivity contribution >= 4 is 29.1 Å². The molecule has 1 aromatic carbocycles. The first-order valence-corrected chi connectivity index (χ1v) is 5.27. The van der Waals surface area contributed by atoms with E-state index in [0.717, 1.165) is 17.1 Å². The molecule has 0 atom stereocenters. The van der Waals surface area contributed by atoms with E-state index in [1.807, 2.05) is 18.2 Å². The number of carboxylic acid groups (broad SMARTS) is 1. The van der Waals surface area contributed by atoms with Crippen LogP contribution in [0.2, 0.25) is 5.15 Å². The summed E-state index contributed by atoms with van der Waals surface area (Å²) >= 11 is 6.72. The van der Waals surface area contributed by atoms with Crippen LogP contribution < -0.4 is 5.11 Å². The molecule has 5 heteroatoms. The molecule has 1 aromatic heterocycles. The fraction of sp³-hybridized carbons (Fsp3) is 0. The zero-order valence-electron chi connectivity index (χ0n) is 7.44. The van der Waals surface area contributed by atoms with E-state index in [1.165, 1.54) is 0 Å². The van der Waals surface area contributed by atoms with Gasteiger partial charge in [0, 0.05) is 0 Å². The zero-order chi connectivity index (χ0) is 10.8. The molecular weight excluding hydrogens is 234 g/mol. The summed E-state index contributed by atoms with van der Waals surface area (Å²) in [7, 11) is 0. The SMILES string of the molecule is O=C([O-])c1c(Cl)nsc1-c1ccccc1. The Bertz CT molecular complexity index is 495. The summed E-state index contributed by atoms with van der Waals surface area (Å²) < 4.78 is 3.80.